The lowest BCUT2D eigenvalue weighted by Gasteiger charge is -2.19. The number of ether oxygens (including phenoxy) is 1. The highest BCUT2D eigenvalue weighted by Gasteiger charge is 2.26. The molecule has 6 nitrogen and oxygen atoms in total. The van der Waals surface area contributed by atoms with E-state index in [1.807, 2.05) is 49.0 Å². The minimum absolute atomic E-state index is 0.266. The van der Waals surface area contributed by atoms with Crippen molar-refractivity contribution in [3.63, 3.8) is 0 Å². The Labute approximate surface area is 148 Å². The standard InChI is InChI=1S/C19H27N3O3/c1-4-8-15(20)18(23)21-16(19(24)25-5-2)11-13-12-22(3)17-10-7-6-9-14(13)17/h6-7,9-10,12,15-16H,4-5,8,11,20H2,1-3H3,(H,21,23)/t15-,16+/m0/s1. The van der Waals surface area contributed by atoms with Crippen LogP contribution in [0.3, 0.4) is 0 Å². The summed E-state index contributed by atoms with van der Waals surface area (Å²) in [4.78, 5) is 24.6. The van der Waals surface area contributed by atoms with E-state index in [0.29, 0.717) is 12.8 Å². The molecule has 0 aliphatic heterocycles. The number of nitrogens with zero attached hydrogens (tertiary/aromatic N) is 1. The number of fused-ring (bicyclic) bond motifs is 1. The molecule has 136 valence electrons. The van der Waals surface area contributed by atoms with E-state index in [2.05, 4.69) is 5.32 Å². The van der Waals surface area contributed by atoms with Gasteiger partial charge in [-0.05, 0) is 25.0 Å². The summed E-state index contributed by atoms with van der Waals surface area (Å²) >= 11 is 0. The number of benzene rings is 1. The second-order valence-electron chi connectivity index (χ2n) is 6.19. The third kappa shape index (κ3) is 4.60. The first-order valence-corrected chi connectivity index (χ1v) is 8.73. The molecule has 0 unspecified atom stereocenters. The van der Waals surface area contributed by atoms with Gasteiger partial charge in [0.05, 0.1) is 12.6 Å². The highest BCUT2D eigenvalue weighted by atomic mass is 16.5. The van der Waals surface area contributed by atoms with Gasteiger partial charge in [-0.3, -0.25) is 4.79 Å². The first-order valence-electron chi connectivity index (χ1n) is 8.73. The largest absolute Gasteiger partial charge is 0.464 e. The number of aromatic nitrogens is 1. The van der Waals surface area contributed by atoms with Crippen LogP contribution >= 0.6 is 0 Å². The molecule has 0 saturated carbocycles. The molecule has 2 rings (SSSR count). The van der Waals surface area contributed by atoms with E-state index in [0.717, 1.165) is 22.9 Å². The maximum Gasteiger partial charge on any atom is 0.328 e. The summed E-state index contributed by atoms with van der Waals surface area (Å²) in [7, 11) is 1.96. The molecule has 2 atom stereocenters. The number of nitrogens with one attached hydrogen (secondary N) is 1. The van der Waals surface area contributed by atoms with Gasteiger partial charge >= 0.3 is 5.97 Å². The van der Waals surface area contributed by atoms with Gasteiger partial charge in [-0.15, -0.1) is 0 Å². The molecule has 0 saturated heterocycles. The van der Waals surface area contributed by atoms with Crippen LogP contribution in [-0.2, 0) is 27.8 Å². The van der Waals surface area contributed by atoms with Crippen molar-refractivity contribution in [2.75, 3.05) is 6.61 Å². The highest BCUT2D eigenvalue weighted by molar-refractivity contribution is 5.89. The SMILES string of the molecule is CCC[C@H](N)C(=O)N[C@H](Cc1cn(C)c2ccccc12)C(=O)OCC. The quantitative estimate of drug-likeness (QED) is 0.716. The van der Waals surface area contributed by atoms with E-state index in [-0.39, 0.29) is 12.5 Å². The van der Waals surface area contributed by atoms with Crippen LogP contribution in [0.5, 0.6) is 0 Å². The molecule has 0 aliphatic rings. The van der Waals surface area contributed by atoms with Crippen molar-refractivity contribution in [3.05, 3.63) is 36.0 Å². The number of hydrogen-bond acceptors (Lipinski definition) is 4. The average molecular weight is 345 g/mol. The van der Waals surface area contributed by atoms with Gasteiger partial charge in [0.15, 0.2) is 0 Å². The van der Waals surface area contributed by atoms with Gasteiger partial charge in [0.2, 0.25) is 5.91 Å². The Morgan fingerprint density at radius 3 is 2.68 bits per heavy atom. The molecule has 3 N–H and O–H groups in total. The first kappa shape index (κ1) is 19.0. The van der Waals surface area contributed by atoms with Crippen LogP contribution in [-0.4, -0.2) is 35.1 Å². The molecule has 0 fully saturated rings. The molecular formula is C19H27N3O3. The maximum absolute atomic E-state index is 12.3. The topological polar surface area (TPSA) is 86.4 Å². The van der Waals surface area contributed by atoms with Gasteiger partial charge in [0, 0.05) is 30.6 Å². The molecule has 1 amide bonds. The Hall–Kier alpha value is -2.34. The maximum atomic E-state index is 12.3. The lowest BCUT2D eigenvalue weighted by Crippen LogP contribution is -2.49. The Morgan fingerprint density at radius 2 is 2.00 bits per heavy atom. The van der Waals surface area contributed by atoms with Crippen LogP contribution in [0.2, 0.25) is 0 Å². The summed E-state index contributed by atoms with van der Waals surface area (Å²) in [6.45, 7) is 3.98. The summed E-state index contributed by atoms with van der Waals surface area (Å²) in [6.07, 6.45) is 3.73. The minimum atomic E-state index is -0.749. The summed E-state index contributed by atoms with van der Waals surface area (Å²) in [5.74, 6) is -0.757. The number of carbonyl (C=O) groups is 2. The molecule has 2 aromatic rings. The lowest BCUT2D eigenvalue weighted by atomic mass is 10.0. The second kappa shape index (κ2) is 8.67. The molecule has 1 heterocycles. The van der Waals surface area contributed by atoms with Crippen molar-refractivity contribution >= 4 is 22.8 Å². The normalized spacial score (nSPS) is 13.4. The molecule has 0 bridgehead atoms. The van der Waals surface area contributed by atoms with Crippen molar-refractivity contribution in [3.8, 4) is 0 Å². The fraction of sp³-hybridized carbons (Fsp3) is 0.474. The molecule has 0 spiro atoms. The van der Waals surface area contributed by atoms with Gasteiger partial charge < -0.3 is 20.4 Å². The number of hydrogen-bond donors (Lipinski definition) is 2. The molecular weight excluding hydrogens is 318 g/mol. The monoisotopic (exact) mass is 345 g/mol. The van der Waals surface area contributed by atoms with E-state index in [9.17, 15) is 9.59 Å². The molecule has 25 heavy (non-hydrogen) atoms. The summed E-state index contributed by atoms with van der Waals surface area (Å²) in [6, 6.07) is 6.60. The zero-order valence-electron chi connectivity index (χ0n) is 15.1. The van der Waals surface area contributed by atoms with Gasteiger partial charge in [0.1, 0.15) is 6.04 Å². The molecule has 1 aromatic heterocycles. The van der Waals surface area contributed by atoms with Gasteiger partial charge in [-0.2, -0.15) is 0 Å². The number of carbonyl (C=O) groups excluding carboxylic acids is 2. The Morgan fingerprint density at radius 1 is 1.28 bits per heavy atom. The number of rotatable bonds is 8. The fourth-order valence-electron chi connectivity index (χ4n) is 2.97. The van der Waals surface area contributed by atoms with Crippen LogP contribution in [0.25, 0.3) is 10.9 Å². The van der Waals surface area contributed by atoms with Crippen molar-refractivity contribution in [1.29, 1.82) is 0 Å². The highest BCUT2D eigenvalue weighted by Crippen LogP contribution is 2.21. The third-order valence-electron chi connectivity index (χ3n) is 4.23. The van der Waals surface area contributed by atoms with Gasteiger partial charge in [-0.1, -0.05) is 31.5 Å². The van der Waals surface area contributed by atoms with Crippen LogP contribution < -0.4 is 11.1 Å². The average Bonchev–Trinajstić information content (AvgIpc) is 2.91. The zero-order chi connectivity index (χ0) is 18.4. The first-order chi connectivity index (χ1) is 12.0. The van der Waals surface area contributed by atoms with E-state index in [1.54, 1.807) is 6.92 Å². The second-order valence-corrected chi connectivity index (χ2v) is 6.19. The Bertz CT molecular complexity index is 739. The summed E-state index contributed by atoms with van der Waals surface area (Å²) < 4.78 is 7.15. The number of amides is 1. The van der Waals surface area contributed by atoms with Crippen LogP contribution in [0, 0.1) is 0 Å². The van der Waals surface area contributed by atoms with Crippen molar-refractivity contribution in [2.45, 2.75) is 45.2 Å². The van der Waals surface area contributed by atoms with Crippen molar-refractivity contribution in [1.82, 2.24) is 9.88 Å². The van der Waals surface area contributed by atoms with E-state index in [1.165, 1.54) is 0 Å². The Kier molecular flexibility index (Phi) is 6.58. The number of para-hydroxylation sites is 1. The lowest BCUT2D eigenvalue weighted by molar-refractivity contribution is -0.147. The fourth-order valence-corrected chi connectivity index (χ4v) is 2.97. The molecule has 0 aliphatic carbocycles. The number of esters is 1. The van der Waals surface area contributed by atoms with Crippen LogP contribution in [0.1, 0.15) is 32.3 Å². The predicted octanol–water partition coefficient (Wildman–Crippen LogP) is 1.90. The minimum Gasteiger partial charge on any atom is -0.464 e. The molecule has 1 aromatic carbocycles. The van der Waals surface area contributed by atoms with Crippen LogP contribution in [0.4, 0.5) is 0 Å². The molecule has 6 heteroatoms. The zero-order valence-corrected chi connectivity index (χ0v) is 15.1. The third-order valence-corrected chi connectivity index (χ3v) is 4.23. The van der Waals surface area contributed by atoms with E-state index < -0.39 is 18.1 Å². The smallest absolute Gasteiger partial charge is 0.328 e. The van der Waals surface area contributed by atoms with E-state index in [4.69, 9.17) is 10.5 Å². The van der Waals surface area contributed by atoms with Gasteiger partial charge in [-0.25, -0.2) is 4.79 Å². The number of nitrogens with two attached hydrogens (primary N) is 1. The van der Waals surface area contributed by atoms with E-state index >= 15 is 0 Å². The summed E-state index contributed by atoms with van der Waals surface area (Å²) in [5, 5.41) is 3.82. The van der Waals surface area contributed by atoms with Crippen molar-refractivity contribution in [2.24, 2.45) is 12.8 Å². The van der Waals surface area contributed by atoms with Gasteiger partial charge in [0.25, 0.3) is 0 Å². The van der Waals surface area contributed by atoms with Crippen molar-refractivity contribution < 1.29 is 14.3 Å². The number of aryl methyl sites for hydroxylation is 1. The predicted molar refractivity (Wildman–Crippen MR) is 98.1 cm³/mol. The molecule has 0 radical (unpaired) electrons. The summed E-state index contributed by atoms with van der Waals surface area (Å²) in [5.41, 5.74) is 7.93. The Balaban J connectivity index is 2.23. The van der Waals surface area contributed by atoms with Crippen LogP contribution in [0.15, 0.2) is 30.5 Å².